The van der Waals surface area contributed by atoms with Crippen molar-refractivity contribution in [1.82, 2.24) is 14.6 Å². The van der Waals surface area contributed by atoms with Gasteiger partial charge in [-0.2, -0.15) is 5.10 Å². The van der Waals surface area contributed by atoms with Crippen LogP contribution in [0.1, 0.15) is 11.3 Å². The van der Waals surface area contributed by atoms with E-state index in [2.05, 4.69) is 10.1 Å². The Morgan fingerprint density at radius 1 is 1.38 bits per heavy atom. The Morgan fingerprint density at radius 3 is 2.77 bits per heavy atom. The van der Waals surface area contributed by atoms with Crippen LogP contribution in [0.25, 0.3) is 5.65 Å². The molecule has 0 unspecified atom stereocenters. The molecule has 0 aliphatic carbocycles. The highest BCUT2D eigenvalue weighted by molar-refractivity contribution is 6.29. The van der Waals surface area contributed by atoms with Crippen LogP contribution in [0.3, 0.4) is 0 Å². The molecule has 0 spiro atoms. The Morgan fingerprint density at radius 2 is 2.08 bits per heavy atom. The summed E-state index contributed by atoms with van der Waals surface area (Å²) >= 11 is 5.77. The second-order valence-corrected chi connectivity index (χ2v) is 3.19. The van der Waals surface area contributed by atoms with E-state index in [0.717, 1.165) is 16.9 Å². The number of aromatic nitrogens is 3. The molecule has 3 nitrogen and oxygen atoms in total. The molecular weight excluding hydrogens is 209 g/mol. The molecule has 13 heavy (non-hydrogen) atoms. The predicted molar refractivity (Wildman–Crippen MR) is 54.7 cm³/mol. The maximum atomic E-state index is 5.77. The van der Waals surface area contributed by atoms with Crippen LogP contribution >= 0.6 is 24.0 Å². The van der Waals surface area contributed by atoms with Gasteiger partial charge in [0.1, 0.15) is 5.15 Å². The van der Waals surface area contributed by atoms with E-state index in [1.54, 1.807) is 4.52 Å². The molecule has 0 aromatic carbocycles. The standard InChI is InChI=1S/C8H8ClN3.ClH/c1-5-3-7(9)11-12-4-6(2)10-8(5)12;/h3-4H,1-2H3;1H. The second-order valence-electron chi connectivity index (χ2n) is 2.80. The monoisotopic (exact) mass is 217 g/mol. The highest BCUT2D eigenvalue weighted by Crippen LogP contribution is 2.12. The third-order valence-electron chi connectivity index (χ3n) is 1.70. The maximum Gasteiger partial charge on any atom is 0.156 e. The molecule has 2 heterocycles. The first-order chi connectivity index (χ1) is 5.66. The summed E-state index contributed by atoms with van der Waals surface area (Å²) in [6.45, 7) is 3.90. The molecule has 70 valence electrons. The summed E-state index contributed by atoms with van der Waals surface area (Å²) in [6.07, 6.45) is 1.86. The molecule has 0 saturated carbocycles. The molecule has 0 N–H and O–H groups in total. The van der Waals surface area contributed by atoms with E-state index in [-0.39, 0.29) is 12.4 Å². The van der Waals surface area contributed by atoms with Crippen LogP contribution < -0.4 is 0 Å². The Hall–Kier alpha value is -0.800. The molecule has 0 fully saturated rings. The van der Waals surface area contributed by atoms with Crippen LogP contribution in [0.5, 0.6) is 0 Å². The summed E-state index contributed by atoms with van der Waals surface area (Å²) in [5, 5.41) is 4.57. The van der Waals surface area contributed by atoms with E-state index in [9.17, 15) is 0 Å². The van der Waals surface area contributed by atoms with Gasteiger partial charge >= 0.3 is 0 Å². The second kappa shape index (κ2) is 3.52. The van der Waals surface area contributed by atoms with Crippen LogP contribution in [-0.4, -0.2) is 14.6 Å². The minimum atomic E-state index is 0. The fourth-order valence-corrected chi connectivity index (χ4v) is 1.45. The first kappa shape index (κ1) is 10.3. The Bertz CT molecular complexity index is 436. The molecule has 0 amide bonds. The minimum Gasteiger partial charge on any atom is -0.232 e. The van der Waals surface area contributed by atoms with Crippen molar-refractivity contribution in [3.05, 3.63) is 28.7 Å². The van der Waals surface area contributed by atoms with Crippen LogP contribution in [0.2, 0.25) is 5.15 Å². The highest BCUT2D eigenvalue weighted by Gasteiger charge is 2.02. The molecule has 0 aliphatic heterocycles. The molecule has 0 atom stereocenters. The Kier molecular flexibility index (Phi) is 2.78. The smallest absolute Gasteiger partial charge is 0.156 e. The van der Waals surface area contributed by atoms with E-state index in [4.69, 9.17) is 11.6 Å². The van der Waals surface area contributed by atoms with Crippen molar-refractivity contribution in [2.45, 2.75) is 13.8 Å². The van der Waals surface area contributed by atoms with Crippen molar-refractivity contribution in [3.63, 3.8) is 0 Å². The zero-order valence-electron chi connectivity index (χ0n) is 7.28. The predicted octanol–water partition coefficient (Wildman–Crippen LogP) is 2.42. The van der Waals surface area contributed by atoms with E-state index in [0.29, 0.717) is 5.15 Å². The lowest BCUT2D eigenvalue weighted by atomic mass is 10.3. The van der Waals surface area contributed by atoms with Crippen molar-refractivity contribution in [3.8, 4) is 0 Å². The zero-order valence-corrected chi connectivity index (χ0v) is 8.85. The van der Waals surface area contributed by atoms with Gasteiger partial charge in [-0.3, -0.25) is 0 Å². The van der Waals surface area contributed by atoms with E-state index in [1.165, 1.54) is 0 Å². The van der Waals surface area contributed by atoms with Crippen LogP contribution in [0, 0.1) is 13.8 Å². The topological polar surface area (TPSA) is 30.2 Å². The lowest BCUT2D eigenvalue weighted by Crippen LogP contribution is -1.92. The normalized spacial score (nSPS) is 10.1. The third kappa shape index (κ3) is 1.76. The number of halogens is 2. The van der Waals surface area contributed by atoms with Gasteiger partial charge in [-0.15, -0.1) is 12.4 Å². The highest BCUT2D eigenvalue weighted by atomic mass is 35.5. The molecule has 0 radical (unpaired) electrons. The first-order valence-corrected chi connectivity index (χ1v) is 4.04. The third-order valence-corrected chi connectivity index (χ3v) is 1.88. The molecule has 0 bridgehead atoms. The van der Waals surface area contributed by atoms with Crippen molar-refractivity contribution in [1.29, 1.82) is 0 Å². The number of aryl methyl sites for hydroxylation is 2. The van der Waals surface area contributed by atoms with Gasteiger partial charge in [-0.05, 0) is 25.5 Å². The summed E-state index contributed by atoms with van der Waals surface area (Å²) < 4.78 is 1.70. The Labute approximate surface area is 87.1 Å². The van der Waals surface area contributed by atoms with Crippen molar-refractivity contribution in [2.75, 3.05) is 0 Å². The molecule has 0 saturated heterocycles. The lowest BCUT2D eigenvalue weighted by Gasteiger charge is -1.96. The minimum absolute atomic E-state index is 0. The summed E-state index contributed by atoms with van der Waals surface area (Å²) in [7, 11) is 0. The molecular formula is C8H9Cl2N3. The quantitative estimate of drug-likeness (QED) is 0.679. The number of rotatable bonds is 0. The van der Waals surface area contributed by atoms with Gasteiger partial charge in [0.15, 0.2) is 5.65 Å². The van der Waals surface area contributed by atoms with Gasteiger partial charge in [0.25, 0.3) is 0 Å². The van der Waals surface area contributed by atoms with Crippen molar-refractivity contribution < 1.29 is 0 Å². The molecule has 0 aliphatic rings. The van der Waals surface area contributed by atoms with Crippen LogP contribution in [0.4, 0.5) is 0 Å². The summed E-state index contributed by atoms with van der Waals surface area (Å²) in [5.74, 6) is 0. The van der Waals surface area contributed by atoms with E-state index >= 15 is 0 Å². The number of hydrogen-bond donors (Lipinski definition) is 0. The number of nitrogens with zero attached hydrogens (tertiary/aromatic N) is 3. The van der Waals surface area contributed by atoms with Crippen LogP contribution in [0.15, 0.2) is 12.3 Å². The summed E-state index contributed by atoms with van der Waals surface area (Å²) in [5.41, 5.74) is 2.87. The fourth-order valence-electron chi connectivity index (χ4n) is 1.21. The van der Waals surface area contributed by atoms with E-state index in [1.807, 2.05) is 26.1 Å². The van der Waals surface area contributed by atoms with Gasteiger partial charge in [-0.1, -0.05) is 11.6 Å². The van der Waals surface area contributed by atoms with Crippen molar-refractivity contribution in [2.24, 2.45) is 0 Å². The fraction of sp³-hybridized carbons (Fsp3) is 0.250. The Balaban J connectivity index is 0.000000845. The molecule has 2 rings (SSSR count). The summed E-state index contributed by atoms with van der Waals surface area (Å²) in [4.78, 5) is 4.30. The van der Waals surface area contributed by atoms with Crippen molar-refractivity contribution >= 4 is 29.7 Å². The number of imidazole rings is 1. The van der Waals surface area contributed by atoms with Gasteiger partial charge in [0.05, 0.1) is 11.9 Å². The SMILES string of the molecule is Cc1cn2nc(Cl)cc(C)c2n1.Cl. The molecule has 2 aromatic rings. The number of fused-ring (bicyclic) bond motifs is 1. The number of hydrogen-bond acceptors (Lipinski definition) is 2. The largest absolute Gasteiger partial charge is 0.232 e. The first-order valence-electron chi connectivity index (χ1n) is 3.66. The maximum absolute atomic E-state index is 5.77. The van der Waals surface area contributed by atoms with Gasteiger partial charge < -0.3 is 0 Å². The van der Waals surface area contributed by atoms with E-state index < -0.39 is 0 Å². The van der Waals surface area contributed by atoms with Crippen LogP contribution in [-0.2, 0) is 0 Å². The molecule has 5 heteroatoms. The molecule has 2 aromatic heterocycles. The van der Waals surface area contributed by atoms with Gasteiger partial charge in [0, 0.05) is 0 Å². The average molecular weight is 218 g/mol. The summed E-state index contributed by atoms with van der Waals surface area (Å²) in [6, 6.07) is 1.81. The van der Waals surface area contributed by atoms with Gasteiger partial charge in [0.2, 0.25) is 0 Å². The average Bonchev–Trinajstić information content (AvgIpc) is 2.29. The van der Waals surface area contributed by atoms with Gasteiger partial charge in [-0.25, -0.2) is 9.50 Å². The lowest BCUT2D eigenvalue weighted by molar-refractivity contribution is 0.927. The zero-order chi connectivity index (χ0) is 8.72.